The summed E-state index contributed by atoms with van der Waals surface area (Å²) in [5.41, 5.74) is 0. The Morgan fingerprint density at radius 3 is 2.83 bits per heavy atom. The first-order valence-corrected chi connectivity index (χ1v) is 5.87. The molecule has 1 heterocycles. The maximum absolute atomic E-state index is 11.0. The molecule has 0 aromatic carbocycles. The number of anilines is 1. The summed E-state index contributed by atoms with van der Waals surface area (Å²) in [6.45, 7) is 2.26. The van der Waals surface area contributed by atoms with Crippen molar-refractivity contribution in [2.45, 2.75) is 32.2 Å². The van der Waals surface area contributed by atoms with Crippen LogP contribution in [0.15, 0.2) is 0 Å². The molecule has 18 heavy (non-hydrogen) atoms. The quantitative estimate of drug-likeness (QED) is 0.583. The van der Waals surface area contributed by atoms with Crippen molar-refractivity contribution in [2.24, 2.45) is 7.05 Å². The Morgan fingerprint density at radius 2 is 2.33 bits per heavy atom. The van der Waals surface area contributed by atoms with Gasteiger partial charge in [0.1, 0.15) is 0 Å². The molecule has 96 valence electrons. The molecule has 0 N–H and O–H groups in total. The highest BCUT2D eigenvalue weighted by Crippen LogP contribution is 2.36. The van der Waals surface area contributed by atoms with Gasteiger partial charge in [-0.1, -0.05) is 0 Å². The van der Waals surface area contributed by atoms with Crippen LogP contribution in [0.5, 0.6) is 0 Å². The number of hydrogen-bond donors (Lipinski definition) is 0. The van der Waals surface area contributed by atoms with Gasteiger partial charge in [-0.15, -0.1) is 0 Å². The van der Waals surface area contributed by atoms with Crippen LogP contribution in [0, 0.1) is 28.4 Å². The van der Waals surface area contributed by atoms with Gasteiger partial charge in [0.25, 0.3) is 0 Å². The van der Waals surface area contributed by atoms with Crippen LogP contribution in [-0.4, -0.2) is 27.1 Å². The van der Waals surface area contributed by atoms with Crippen molar-refractivity contribution in [2.75, 3.05) is 11.4 Å². The molecule has 0 bridgehead atoms. The number of aromatic nitrogens is 2. The monoisotopic (exact) mass is 249 g/mol. The van der Waals surface area contributed by atoms with Gasteiger partial charge < -0.3 is 15.0 Å². The lowest BCUT2D eigenvalue weighted by Crippen LogP contribution is -2.29. The van der Waals surface area contributed by atoms with Crippen LogP contribution in [-0.2, 0) is 7.05 Å². The van der Waals surface area contributed by atoms with E-state index in [9.17, 15) is 10.1 Å². The second kappa shape index (κ2) is 4.64. The number of nitro groups is 1. The lowest BCUT2D eigenvalue weighted by atomic mass is 10.3. The molecule has 0 aliphatic heterocycles. The van der Waals surface area contributed by atoms with E-state index >= 15 is 0 Å². The molecule has 1 aromatic rings. The Labute approximate surface area is 105 Å². The van der Waals surface area contributed by atoms with E-state index in [0.29, 0.717) is 30.6 Å². The van der Waals surface area contributed by atoms with E-state index in [-0.39, 0.29) is 5.82 Å². The fraction of sp³-hybridized carbons (Fsp3) is 0.636. The summed E-state index contributed by atoms with van der Waals surface area (Å²) in [5.74, 6) is 1.02. The van der Waals surface area contributed by atoms with Gasteiger partial charge >= 0.3 is 5.82 Å². The fourth-order valence-corrected chi connectivity index (χ4v) is 2.04. The van der Waals surface area contributed by atoms with Crippen LogP contribution in [0.3, 0.4) is 0 Å². The molecule has 1 aliphatic rings. The van der Waals surface area contributed by atoms with E-state index in [0.717, 1.165) is 12.8 Å². The number of aryl methyl sites for hydroxylation is 1. The van der Waals surface area contributed by atoms with E-state index in [1.54, 1.807) is 18.5 Å². The molecule has 0 saturated heterocycles. The third kappa shape index (κ3) is 2.14. The summed E-state index contributed by atoms with van der Waals surface area (Å²) in [7, 11) is 1.77. The molecular formula is C11H15N5O2. The van der Waals surface area contributed by atoms with E-state index in [4.69, 9.17) is 5.26 Å². The summed E-state index contributed by atoms with van der Waals surface area (Å²) in [6, 6.07) is 2.40. The third-order valence-corrected chi connectivity index (χ3v) is 3.17. The first-order valence-electron chi connectivity index (χ1n) is 5.87. The van der Waals surface area contributed by atoms with E-state index in [1.165, 1.54) is 0 Å². The van der Waals surface area contributed by atoms with Crippen LogP contribution in [0.1, 0.15) is 25.1 Å². The number of nitrogens with zero attached hydrogens (tertiary/aromatic N) is 5. The van der Waals surface area contributed by atoms with Crippen molar-refractivity contribution in [3.63, 3.8) is 0 Å². The van der Waals surface area contributed by atoms with Crippen molar-refractivity contribution in [1.29, 1.82) is 5.26 Å². The van der Waals surface area contributed by atoms with E-state index in [1.807, 2.05) is 4.90 Å². The highest BCUT2D eigenvalue weighted by atomic mass is 16.6. The van der Waals surface area contributed by atoms with Crippen LogP contribution < -0.4 is 4.90 Å². The number of hydrogen-bond acceptors (Lipinski definition) is 5. The molecule has 2 rings (SSSR count). The molecule has 1 aliphatic carbocycles. The zero-order chi connectivity index (χ0) is 13.3. The summed E-state index contributed by atoms with van der Waals surface area (Å²) < 4.78 is 1.73. The minimum absolute atomic E-state index is 0.111. The smallest absolute Gasteiger partial charge is 0.358 e. The van der Waals surface area contributed by atoms with Crippen LogP contribution in [0.25, 0.3) is 0 Å². The second-order valence-corrected chi connectivity index (χ2v) is 4.46. The van der Waals surface area contributed by atoms with E-state index < -0.39 is 4.92 Å². The normalized spacial score (nSPS) is 14.3. The van der Waals surface area contributed by atoms with Crippen molar-refractivity contribution < 1.29 is 4.92 Å². The fourth-order valence-electron chi connectivity index (χ4n) is 2.04. The summed E-state index contributed by atoms with van der Waals surface area (Å²) in [5, 5.41) is 19.7. The Bertz CT molecular complexity index is 512. The van der Waals surface area contributed by atoms with Gasteiger partial charge in [-0.05, 0) is 22.7 Å². The Hall–Kier alpha value is -2.10. The molecule has 0 unspecified atom stereocenters. The lowest BCUT2D eigenvalue weighted by Gasteiger charge is -2.22. The highest BCUT2D eigenvalue weighted by Gasteiger charge is 2.36. The predicted octanol–water partition coefficient (Wildman–Crippen LogP) is 1.52. The van der Waals surface area contributed by atoms with Gasteiger partial charge in [0, 0.05) is 26.6 Å². The Morgan fingerprint density at radius 1 is 1.67 bits per heavy atom. The Kier molecular flexibility index (Phi) is 3.19. The molecule has 0 radical (unpaired) electrons. The zero-order valence-corrected chi connectivity index (χ0v) is 10.5. The second-order valence-electron chi connectivity index (χ2n) is 4.46. The van der Waals surface area contributed by atoms with Gasteiger partial charge in [0.05, 0.1) is 12.5 Å². The average molecular weight is 249 g/mol. The maximum atomic E-state index is 11.0. The van der Waals surface area contributed by atoms with Gasteiger partial charge in [-0.2, -0.15) is 5.26 Å². The van der Waals surface area contributed by atoms with Crippen molar-refractivity contribution >= 4 is 11.6 Å². The molecule has 0 atom stereocenters. The number of nitriles is 1. The summed E-state index contributed by atoms with van der Waals surface area (Å²) >= 11 is 0. The van der Waals surface area contributed by atoms with Crippen molar-refractivity contribution in [1.82, 2.24) is 9.55 Å². The van der Waals surface area contributed by atoms with Crippen molar-refractivity contribution in [3.05, 3.63) is 15.9 Å². The van der Waals surface area contributed by atoms with Crippen LogP contribution in [0.2, 0.25) is 0 Å². The molecule has 1 aromatic heterocycles. The molecule has 0 amide bonds. The Balaban J connectivity index is 2.39. The van der Waals surface area contributed by atoms with Crippen LogP contribution >= 0.6 is 0 Å². The van der Waals surface area contributed by atoms with Gasteiger partial charge in [0.2, 0.25) is 11.6 Å². The third-order valence-electron chi connectivity index (χ3n) is 3.17. The molecule has 7 nitrogen and oxygen atoms in total. The topological polar surface area (TPSA) is 88.0 Å². The largest absolute Gasteiger partial charge is 0.406 e. The van der Waals surface area contributed by atoms with Gasteiger partial charge in [-0.3, -0.25) is 4.57 Å². The average Bonchev–Trinajstić information content (AvgIpc) is 3.10. The first-order chi connectivity index (χ1) is 8.56. The maximum Gasteiger partial charge on any atom is 0.406 e. The minimum Gasteiger partial charge on any atom is -0.358 e. The molecule has 7 heteroatoms. The number of imidazole rings is 1. The minimum atomic E-state index is -0.454. The molecule has 0 spiro atoms. The predicted molar refractivity (Wildman–Crippen MR) is 65.2 cm³/mol. The number of rotatable bonds is 5. The summed E-state index contributed by atoms with van der Waals surface area (Å²) in [6.07, 6.45) is 2.40. The molecule has 1 saturated carbocycles. The SMILES string of the molecule is Cc1nc([N+](=O)[O-])c(N(CCC#N)C2CC2)n1C. The standard InChI is InChI=1S/C11H15N5O2/c1-8-13-10(16(17)18)11(14(8)2)15(7-3-6-12)9-4-5-9/h9H,3-5,7H2,1-2H3. The van der Waals surface area contributed by atoms with Crippen molar-refractivity contribution in [3.8, 4) is 6.07 Å². The zero-order valence-electron chi connectivity index (χ0n) is 10.5. The van der Waals surface area contributed by atoms with Gasteiger partial charge in [-0.25, -0.2) is 0 Å². The summed E-state index contributed by atoms with van der Waals surface area (Å²) in [4.78, 5) is 16.5. The van der Waals surface area contributed by atoms with E-state index in [2.05, 4.69) is 11.1 Å². The van der Waals surface area contributed by atoms with Crippen LogP contribution in [0.4, 0.5) is 11.6 Å². The lowest BCUT2D eigenvalue weighted by molar-refractivity contribution is -0.388. The molecular weight excluding hydrogens is 234 g/mol. The van der Waals surface area contributed by atoms with Gasteiger partial charge in [0.15, 0.2) is 0 Å². The highest BCUT2D eigenvalue weighted by molar-refractivity contribution is 5.57. The molecule has 1 fully saturated rings. The first kappa shape index (κ1) is 12.4.